The molecule has 4 heteroatoms. The van der Waals surface area contributed by atoms with Crippen LogP contribution in [0.2, 0.25) is 0 Å². The van der Waals surface area contributed by atoms with Crippen LogP contribution in [0.25, 0.3) is 0 Å². The van der Waals surface area contributed by atoms with Gasteiger partial charge in [-0.05, 0) is 24.1 Å². The van der Waals surface area contributed by atoms with Crippen LogP contribution in [-0.4, -0.2) is 19.9 Å². The molecule has 1 aliphatic heterocycles. The molecule has 0 radical (unpaired) electrons. The molecule has 1 saturated heterocycles. The van der Waals surface area contributed by atoms with Gasteiger partial charge in [0.25, 0.3) is 0 Å². The van der Waals surface area contributed by atoms with E-state index in [1.165, 1.54) is 0 Å². The zero-order chi connectivity index (χ0) is 8.54. The highest BCUT2D eigenvalue weighted by molar-refractivity contribution is 8.72. The van der Waals surface area contributed by atoms with Crippen molar-refractivity contribution in [2.24, 2.45) is 5.41 Å². The van der Waals surface area contributed by atoms with Crippen LogP contribution in [0.15, 0.2) is 0 Å². The predicted molar refractivity (Wildman–Crippen MR) is 47.8 cm³/mol. The summed E-state index contributed by atoms with van der Waals surface area (Å²) in [4.78, 5) is 0. The van der Waals surface area contributed by atoms with E-state index in [1.54, 1.807) is 0 Å². The molecule has 1 heterocycles. The van der Waals surface area contributed by atoms with Crippen LogP contribution in [-0.2, 0) is 8.87 Å². The monoisotopic (exact) mass is 190 g/mol. The Hall–Kier alpha value is -0.140. The Morgan fingerprint density at radius 1 is 1.64 bits per heavy atom. The van der Waals surface area contributed by atoms with E-state index in [0.29, 0.717) is 12.2 Å². The fourth-order valence-electron chi connectivity index (χ4n) is 0.815. The summed E-state index contributed by atoms with van der Waals surface area (Å²) in [6.45, 7) is 1.93. The summed E-state index contributed by atoms with van der Waals surface area (Å²) in [5.74, 6) is 3.39. The highest BCUT2D eigenvalue weighted by atomic mass is 33.1. The molecule has 0 aliphatic carbocycles. The minimum absolute atomic E-state index is 0.212. The number of hydrogen-bond donors (Lipinski definition) is 0. The average molecular weight is 190 g/mol. The molecular formula is C7H10O2S2. The van der Waals surface area contributed by atoms with Gasteiger partial charge in [-0.25, -0.2) is 8.42 Å². The van der Waals surface area contributed by atoms with E-state index in [0.717, 1.165) is 10.8 Å². The van der Waals surface area contributed by atoms with Crippen molar-refractivity contribution < 1.29 is 8.42 Å². The Kier molecular flexibility index (Phi) is 2.22. The zero-order valence-electron chi connectivity index (χ0n) is 6.33. The summed E-state index contributed by atoms with van der Waals surface area (Å²) >= 11 is 0. The number of terminal acetylenes is 1. The van der Waals surface area contributed by atoms with Crippen LogP contribution in [0, 0.1) is 17.8 Å². The first kappa shape index (κ1) is 8.95. The first-order valence-electron chi connectivity index (χ1n) is 3.32. The maximum Gasteiger partial charge on any atom is 0.201 e. The summed E-state index contributed by atoms with van der Waals surface area (Å²) in [7, 11) is -1.86. The minimum Gasteiger partial charge on any atom is -0.217 e. The Morgan fingerprint density at radius 3 is 2.64 bits per heavy atom. The smallest absolute Gasteiger partial charge is 0.201 e. The van der Waals surface area contributed by atoms with Gasteiger partial charge in [0, 0.05) is 11.2 Å². The molecule has 11 heavy (non-hydrogen) atoms. The van der Waals surface area contributed by atoms with E-state index in [-0.39, 0.29) is 11.2 Å². The van der Waals surface area contributed by atoms with Crippen LogP contribution in [0.4, 0.5) is 0 Å². The maximum absolute atomic E-state index is 10.9. The lowest BCUT2D eigenvalue weighted by Crippen LogP contribution is -2.27. The van der Waals surface area contributed by atoms with Gasteiger partial charge in [0.1, 0.15) is 0 Å². The van der Waals surface area contributed by atoms with Crippen molar-refractivity contribution in [3.63, 3.8) is 0 Å². The summed E-state index contributed by atoms with van der Waals surface area (Å²) in [6, 6.07) is 0. The van der Waals surface area contributed by atoms with E-state index < -0.39 is 8.87 Å². The van der Waals surface area contributed by atoms with Gasteiger partial charge in [-0.1, -0.05) is 5.92 Å². The second-order valence-electron chi connectivity index (χ2n) is 2.98. The maximum atomic E-state index is 10.9. The molecule has 1 aliphatic rings. The van der Waals surface area contributed by atoms with Crippen LogP contribution >= 0.6 is 10.8 Å². The Balaban J connectivity index is 2.71. The molecule has 0 aromatic heterocycles. The molecule has 1 fully saturated rings. The van der Waals surface area contributed by atoms with Crippen molar-refractivity contribution in [3.05, 3.63) is 0 Å². The molecule has 62 valence electrons. The van der Waals surface area contributed by atoms with Gasteiger partial charge >= 0.3 is 0 Å². The quantitative estimate of drug-likeness (QED) is 0.423. The molecular weight excluding hydrogens is 180 g/mol. The van der Waals surface area contributed by atoms with Crippen LogP contribution < -0.4 is 0 Å². The number of hydrogen-bond acceptors (Lipinski definition) is 3. The summed E-state index contributed by atoms with van der Waals surface area (Å²) in [5.41, 5.74) is -0.212. The van der Waals surface area contributed by atoms with Crippen molar-refractivity contribution in [2.75, 3.05) is 11.5 Å². The summed E-state index contributed by atoms with van der Waals surface area (Å²) in [5, 5.41) is 0. The van der Waals surface area contributed by atoms with Crippen molar-refractivity contribution in [1.82, 2.24) is 0 Å². The van der Waals surface area contributed by atoms with Gasteiger partial charge in [-0.2, -0.15) is 0 Å². The third-order valence-corrected chi connectivity index (χ3v) is 5.56. The molecule has 1 rings (SSSR count). The van der Waals surface area contributed by atoms with Gasteiger partial charge in [-0.15, -0.1) is 6.42 Å². The highest BCUT2D eigenvalue weighted by Gasteiger charge is 2.32. The van der Waals surface area contributed by atoms with Crippen molar-refractivity contribution in [3.8, 4) is 12.3 Å². The fourth-order valence-corrected chi connectivity index (χ4v) is 4.22. The fraction of sp³-hybridized carbons (Fsp3) is 0.714. The van der Waals surface area contributed by atoms with Gasteiger partial charge in [0.2, 0.25) is 8.87 Å². The first-order valence-corrected chi connectivity index (χ1v) is 6.48. The lowest BCUT2D eigenvalue weighted by molar-refractivity contribution is 0.487. The van der Waals surface area contributed by atoms with E-state index in [1.807, 2.05) is 6.92 Å². The summed E-state index contributed by atoms with van der Waals surface area (Å²) in [6.07, 6.45) is 5.86. The van der Waals surface area contributed by atoms with Gasteiger partial charge < -0.3 is 0 Å². The van der Waals surface area contributed by atoms with Crippen molar-refractivity contribution >= 4 is 19.7 Å². The molecule has 0 amide bonds. The second-order valence-corrected chi connectivity index (χ2v) is 7.26. The van der Waals surface area contributed by atoms with E-state index in [2.05, 4.69) is 5.92 Å². The van der Waals surface area contributed by atoms with Crippen LogP contribution in [0.5, 0.6) is 0 Å². The Labute approximate surface area is 71.1 Å². The molecule has 1 atom stereocenters. The molecule has 0 aromatic rings. The third kappa shape index (κ3) is 2.14. The Bertz CT molecular complexity index is 270. The topological polar surface area (TPSA) is 34.1 Å². The predicted octanol–water partition coefficient (Wildman–Crippen LogP) is 1.09. The molecule has 1 unspecified atom stereocenters. The largest absolute Gasteiger partial charge is 0.217 e. The normalized spacial score (nSPS) is 36.0. The van der Waals surface area contributed by atoms with Gasteiger partial charge in [0.05, 0.1) is 5.75 Å². The number of rotatable bonds is 0. The molecule has 0 spiro atoms. The van der Waals surface area contributed by atoms with Crippen molar-refractivity contribution in [1.29, 1.82) is 0 Å². The van der Waals surface area contributed by atoms with Crippen molar-refractivity contribution in [2.45, 2.75) is 13.3 Å². The van der Waals surface area contributed by atoms with Gasteiger partial charge in [-0.3, -0.25) is 0 Å². The Morgan fingerprint density at radius 2 is 2.27 bits per heavy atom. The SMILES string of the molecule is C#CC1(C)CCS(=O)(=O)SC1. The highest BCUT2D eigenvalue weighted by Crippen LogP contribution is 2.35. The third-order valence-electron chi connectivity index (χ3n) is 1.81. The van der Waals surface area contributed by atoms with Crippen LogP contribution in [0.1, 0.15) is 13.3 Å². The van der Waals surface area contributed by atoms with E-state index >= 15 is 0 Å². The zero-order valence-corrected chi connectivity index (χ0v) is 7.96. The molecule has 0 N–H and O–H groups in total. The molecule has 0 saturated carbocycles. The van der Waals surface area contributed by atoms with E-state index in [4.69, 9.17) is 6.42 Å². The molecule has 2 nitrogen and oxygen atoms in total. The van der Waals surface area contributed by atoms with Crippen LogP contribution in [0.3, 0.4) is 0 Å². The molecule has 0 aromatic carbocycles. The second kappa shape index (κ2) is 2.72. The van der Waals surface area contributed by atoms with E-state index in [9.17, 15) is 8.42 Å². The lowest BCUT2D eigenvalue weighted by atomic mass is 9.91. The first-order chi connectivity index (χ1) is 4.97. The average Bonchev–Trinajstić information content (AvgIpc) is 1.97. The minimum atomic E-state index is -2.84. The molecule has 0 bridgehead atoms. The van der Waals surface area contributed by atoms with Gasteiger partial charge in [0.15, 0.2) is 0 Å². The summed E-state index contributed by atoms with van der Waals surface area (Å²) < 4.78 is 21.9. The standard InChI is InChI=1S/C7H10O2S2/c1-3-7(2)4-5-11(8,9)10-6-7/h1H,4-6H2,2H3. The lowest BCUT2D eigenvalue weighted by Gasteiger charge is -2.26.